The zero-order valence-corrected chi connectivity index (χ0v) is 17.2. The van der Waals surface area contributed by atoms with Gasteiger partial charge in [0.15, 0.2) is 6.29 Å². The van der Waals surface area contributed by atoms with Crippen LogP contribution in [0.15, 0.2) is 24.3 Å². The normalized spacial score (nSPS) is 29.4. The van der Waals surface area contributed by atoms with E-state index in [0.717, 1.165) is 19.3 Å². The molecule has 8 nitrogen and oxygen atoms in total. The molecule has 30 heavy (non-hydrogen) atoms. The van der Waals surface area contributed by atoms with Crippen molar-refractivity contribution in [1.29, 1.82) is 0 Å². The summed E-state index contributed by atoms with van der Waals surface area (Å²) >= 11 is 0. The van der Waals surface area contributed by atoms with Gasteiger partial charge in [0.05, 0.1) is 30.5 Å². The fourth-order valence-electron chi connectivity index (χ4n) is 5.32. The molecule has 8 heteroatoms. The molecule has 0 aromatic heterocycles. The highest BCUT2D eigenvalue weighted by Gasteiger charge is 2.54. The minimum atomic E-state index is -0.830. The van der Waals surface area contributed by atoms with Crippen LogP contribution < -0.4 is 4.90 Å². The maximum atomic E-state index is 13.4. The molecule has 3 amide bonds. The van der Waals surface area contributed by atoms with Gasteiger partial charge in [-0.3, -0.25) is 19.3 Å². The predicted octanol–water partition coefficient (Wildman–Crippen LogP) is 1.74. The van der Waals surface area contributed by atoms with Crippen molar-refractivity contribution in [3.05, 3.63) is 29.8 Å². The van der Waals surface area contributed by atoms with E-state index in [2.05, 4.69) is 0 Å². The average molecular weight is 413 g/mol. The van der Waals surface area contributed by atoms with Crippen LogP contribution in [-0.4, -0.2) is 71.8 Å². The summed E-state index contributed by atoms with van der Waals surface area (Å²) in [5, 5.41) is 0. The van der Waals surface area contributed by atoms with Crippen molar-refractivity contribution in [1.82, 2.24) is 9.80 Å². The first kappa shape index (κ1) is 19.5. The van der Waals surface area contributed by atoms with E-state index in [0.29, 0.717) is 43.9 Å². The molecule has 0 saturated carbocycles. The van der Waals surface area contributed by atoms with Crippen LogP contribution in [0.1, 0.15) is 49.4 Å². The number of likely N-dealkylation sites (tertiary alicyclic amines) is 1. The molecule has 4 heterocycles. The molecular weight excluding hydrogens is 386 g/mol. The van der Waals surface area contributed by atoms with Crippen LogP contribution in [0.25, 0.3) is 0 Å². The van der Waals surface area contributed by atoms with Gasteiger partial charge in [0.25, 0.3) is 5.91 Å². The third-order valence-corrected chi connectivity index (χ3v) is 6.87. The Hall–Kier alpha value is -2.45. The third kappa shape index (κ3) is 2.93. The first-order chi connectivity index (χ1) is 14.5. The summed E-state index contributed by atoms with van der Waals surface area (Å²) in [6.07, 6.45) is 3.25. The van der Waals surface area contributed by atoms with Crippen molar-refractivity contribution in [3.63, 3.8) is 0 Å². The molecule has 0 radical (unpaired) electrons. The topological polar surface area (TPSA) is 79.4 Å². The number of ether oxygens (including phenoxy) is 2. The summed E-state index contributed by atoms with van der Waals surface area (Å²) in [6, 6.07) is 7.02. The standard InChI is InChI=1S/C22H27N3O5/c1-22-10-9-18(26)25(22)16-7-3-2-6-15(16)20(28)24(22)14-19(27)23-11-5-4-8-17(23)21-29-12-13-30-21/h2-3,6-7,17,21H,4-5,8-14H2,1H3. The number of fused-ring (bicyclic) bond motifs is 3. The first-order valence-corrected chi connectivity index (χ1v) is 10.8. The molecular formula is C22H27N3O5. The van der Waals surface area contributed by atoms with E-state index in [1.54, 1.807) is 21.9 Å². The molecule has 2 unspecified atom stereocenters. The molecule has 4 aliphatic rings. The predicted molar refractivity (Wildman–Crippen MR) is 108 cm³/mol. The van der Waals surface area contributed by atoms with E-state index in [1.807, 2.05) is 24.0 Å². The number of benzene rings is 1. The van der Waals surface area contributed by atoms with Gasteiger partial charge in [-0.1, -0.05) is 12.1 Å². The zero-order chi connectivity index (χ0) is 20.9. The van der Waals surface area contributed by atoms with Crippen LogP contribution in [-0.2, 0) is 19.1 Å². The first-order valence-electron chi connectivity index (χ1n) is 10.8. The number of anilines is 1. The van der Waals surface area contributed by atoms with E-state index in [9.17, 15) is 14.4 Å². The van der Waals surface area contributed by atoms with Gasteiger partial charge in [-0.05, 0) is 44.7 Å². The van der Waals surface area contributed by atoms with Gasteiger partial charge in [0, 0.05) is 13.0 Å². The maximum Gasteiger partial charge on any atom is 0.258 e. The number of nitrogens with zero attached hydrogens (tertiary/aromatic N) is 3. The van der Waals surface area contributed by atoms with E-state index in [1.165, 1.54) is 0 Å². The summed E-state index contributed by atoms with van der Waals surface area (Å²) in [6.45, 7) is 3.54. The van der Waals surface area contributed by atoms with Gasteiger partial charge < -0.3 is 19.3 Å². The van der Waals surface area contributed by atoms with Crippen LogP contribution in [0.4, 0.5) is 5.69 Å². The molecule has 0 bridgehead atoms. The number of hydrogen-bond donors (Lipinski definition) is 0. The van der Waals surface area contributed by atoms with Gasteiger partial charge in [-0.2, -0.15) is 0 Å². The van der Waals surface area contributed by atoms with Crippen LogP contribution in [0.2, 0.25) is 0 Å². The van der Waals surface area contributed by atoms with Crippen molar-refractivity contribution >= 4 is 23.4 Å². The average Bonchev–Trinajstić information content (AvgIpc) is 3.40. The number of hydrogen-bond acceptors (Lipinski definition) is 5. The van der Waals surface area contributed by atoms with E-state index < -0.39 is 12.0 Å². The third-order valence-electron chi connectivity index (χ3n) is 6.87. The second kappa shape index (κ2) is 7.35. The molecule has 1 aromatic rings. The Morgan fingerprint density at radius 3 is 2.73 bits per heavy atom. The highest BCUT2D eigenvalue weighted by atomic mass is 16.7. The number of carbonyl (C=O) groups excluding carboxylic acids is 3. The van der Waals surface area contributed by atoms with E-state index in [4.69, 9.17) is 9.47 Å². The van der Waals surface area contributed by atoms with Gasteiger partial charge in [0.2, 0.25) is 11.8 Å². The van der Waals surface area contributed by atoms with Gasteiger partial charge >= 0.3 is 0 Å². The Balaban J connectivity index is 1.44. The molecule has 3 saturated heterocycles. The SMILES string of the molecule is CC12CCC(=O)N1c1ccccc1C(=O)N2CC(=O)N1CCCCC1C1OCCO1. The van der Waals surface area contributed by atoms with Crippen LogP contribution in [0, 0.1) is 0 Å². The van der Waals surface area contributed by atoms with Gasteiger partial charge in [0.1, 0.15) is 12.2 Å². The van der Waals surface area contributed by atoms with Crippen molar-refractivity contribution in [2.45, 2.75) is 57.0 Å². The summed E-state index contributed by atoms with van der Waals surface area (Å²) in [4.78, 5) is 44.6. The Morgan fingerprint density at radius 1 is 1.17 bits per heavy atom. The van der Waals surface area contributed by atoms with Gasteiger partial charge in [-0.15, -0.1) is 0 Å². The Morgan fingerprint density at radius 2 is 1.93 bits per heavy atom. The Bertz CT molecular complexity index is 883. The largest absolute Gasteiger partial charge is 0.348 e. The second-order valence-corrected chi connectivity index (χ2v) is 8.61. The number of carbonyl (C=O) groups is 3. The molecule has 3 fully saturated rings. The number of amides is 3. The molecule has 2 atom stereocenters. The Kier molecular flexibility index (Phi) is 4.78. The molecule has 160 valence electrons. The number of rotatable bonds is 3. The lowest BCUT2D eigenvalue weighted by molar-refractivity contribution is -0.152. The zero-order valence-electron chi connectivity index (χ0n) is 17.2. The second-order valence-electron chi connectivity index (χ2n) is 8.61. The maximum absolute atomic E-state index is 13.4. The van der Waals surface area contributed by atoms with Crippen LogP contribution >= 0.6 is 0 Å². The molecule has 1 aromatic carbocycles. The van der Waals surface area contributed by atoms with E-state index >= 15 is 0 Å². The number of para-hydroxylation sites is 1. The summed E-state index contributed by atoms with van der Waals surface area (Å²) in [5.41, 5.74) is 0.277. The lowest BCUT2D eigenvalue weighted by Crippen LogP contribution is -2.64. The smallest absolute Gasteiger partial charge is 0.258 e. The van der Waals surface area contributed by atoms with Crippen molar-refractivity contribution < 1.29 is 23.9 Å². The van der Waals surface area contributed by atoms with Crippen LogP contribution in [0.5, 0.6) is 0 Å². The molecule has 4 aliphatic heterocycles. The molecule has 5 rings (SSSR count). The lowest BCUT2D eigenvalue weighted by atomic mass is 9.97. The highest BCUT2D eigenvalue weighted by molar-refractivity contribution is 6.11. The lowest BCUT2D eigenvalue weighted by Gasteiger charge is -2.49. The fraction of sp³-hybridized carbons (Fsp3) is 0.591. The minimum Gasteiger partial charge on any atom is -0.348 e. The minimum absolute atomic E-state index is 0.0153. The molecule has 0 spiro atoms. The Labute approximate surface area is 175 Å². The van der Waals surface area contributed by atoms with Crippen molar-refractivity contribution in [2.75, 3.05) is 31.2 Å². The molecule has 0 N–H and O–H groups in total. The molecule has 0 aliphatic carbocycles. The van der Waals surface area contributed by atoms with E-state index in [-0.39, 0.29) is 30.3 Å². The number of piperidine rings is 1. The fourth-order valence-corrected chi connectivity index (χ4v) is 5.32. The monoisotopic (exact) mass is 413 g/mol. The van der Waals surface area contributed by atoms with Crippen LogP contribution in [0.3, 0.4) is 0 Å². The van der Waals surface area contributed by atoms with Crippen molar-refractivity contribution in [3.8, 4) is 0 Å². The van der Waals surface area contributed by atoms with Gasteiger partial charge in [-0.25, -0.2) is 0 Å². The quantitative estimate of drug-likeness (QED) is 0.754. The summed E-state index contributed by atoms with van der Waals surface area (Å²) in [7, 11) is 0. The summed E-state index contributed by atoms with van der Waals surface area (Å²) in [5.74, 6) is -0.333. The highest BCUT2D eigenvalue weighted by Crippen LogP contribution is 2.44. The summed E-state index contributed by atoms with van der Waals surface area (Å²) < 4.78 is 11.4. The van der Waals surface area contributed by atoms with Crippen molar-refractivity contribution in [2.24, 2.45) is 0 Å².